The number of aliphatic hydroxyl groups is 1. The van der Waals surface area contributed by atoms with E-state index < -0.39 is 22.8 Å². The maximum Gasteiger partial charge on any atom is 0.335 e. The summed E-state index contributed by atoms with van der Waals surface area (Å²) >= 11 is 0. The number of nitrogens with one attached hydrogen (secondary N) is 1. The van der Waals surface area contributed by atoms with Crippen LogP contribution in [0, 0.1) is 17.1 Å². The molecular formula is C28H29FN4O4. The van der Waals surface area contributed by atoms with Gasteiger partial charge in [-0.05, 0) is 61.4 Å². The molecule has 2 aromatic carbocycles. The molecule has 0 amide bonds. The fourth-order valence-corrected chi connectivity index (χ4v) is 5.76. The molecule has 8 nitrogen and oxygen atoms in total. The number of benzene rings is 2. The molecule has 2 aromatic heterocycles. The quantitative estimate of drug-likeness (QED) is 0.327. The van der Waals surface area contributed by atoms with Crippen LogP contribution in [-0.4, -0.2) is 43.7 Å². The Hall–Kier alpha value is -3.90. The molecule has 0 aliphatic heterocycles. The number of aromatic nitrogens is 3. The zero-order valence-corrected chi connectivity index (χ0v) is 21.0. The first-order chi connectivity index (χ1) is 17.6. The van der Waals surface area contributed by atoms with E-state index in [4.69, 9.17) is 4.74 Å². The molecular weight excluding hydrogens is 475 g/mol. The molecule has 2 heterocycles. The molecule has 1 aliphatic carbocycles. The number of hydrogen-bond donors (Lipinski definition) is 3. The number of fused-ring (bicyclic) bond motifs is 2. The molecule has 1 aliphatic rings. The van der Waals surface area contributed by atoms with E-state index in [9.17, 15) is 24.7 Å². The maximum absolute atomic E-state index is 14.4. The highest BCUT2D eigenvalue weighted by Crippen LogP contribution is 2.48. The Bertz CT molecular complexity index is 1550. The summed E-state index contributed by atoms with van der Waals surface area (Å²) in [7, 11) is 1.42. The standard InChI is InChI=1S/C28H29FN4O4/c1-27(2,10-11-30)25-24(16-6-8-28(36,9-7-16)26(34)35)19-14-21-17(15-31-32-21)12-22(19)33(25)18-4-5-20(29)23(13-18)37-3/h4-5,12-16,36H,6-10H2,1-3H3,(H,31,32)(H,34,35)/t16-,28+. The van der Waals surface area contributed by atoms with Gasteiger partial charge in [-0.3, -0.25) is 5.10 Å². The predicted octanol–water partition coefficient (Wildman–Crippen LogP) is 5.32. The van der Waals surface area contributed by atoms with Gasteiger partial charge in [-0.1, -0.05) is 13.8 Å². The van der Waals surface area contributed by atoms with E-state index in [1.807, 2.05) is 26.0 Å². The first kappa shape index (κ1) is 24.8. The first-order valence-corrected chi connectivity index (χ1v) is 12.3. The Balaban J connectivity index is 1.83. The Morgan fingerprint density at radius 3 is 2.70 bits per heavy atom. The number of hydrogen-bond acceptors (Lipinski definition) is 5. The minimum atomic E-state index is -1.74. The minimum Gasteiger partial charge on any atom is -0.494 e. The van der Waals surface area contributed by atoms with Gasteiger partial charge >= 0.3 is 5.97 Å². The molecule has 1 fully saturated rings. The molecule has 0 radical (unpaired) electrons. The van der Waals surface area contributed by atoms with Crippen molar-refractivity contribution < 1.29 is 24.1 Å². The summed E-state index contributed by atoms with van der Waals surface area (Å²) < 4.78 is 21.7. The summed E-state index contributed by atoms with van der Waals surface area (Å²) in [6.45, 7) is 4.02. The zero-order chi connectivity index (χ0) is 26.5. The molecule has 0 spiro atoms. The molecule has 0 saturated heterocycles. The van der Waals surface area contributed by atoms with Gasteiger partial charge in [-0.2, -0.15) is 10.4 Å². The van der Waals surface area contributed by atoms with Gasteiger partial charge in [0.1, 0.15) is 0 Å². The van der Waals surface area contributed by atoms with E-state index in [0.29, 0.717) is 18.5 Å². The SMILES string of the molecule is COc1cc(-n2c(C(C)(C)CC#N)c([C@H]3CC[C@](O)(C(=O)O)CC3)c3cc4[nH]ncc4cc32)ccc1F. The van der Waals surface area contributed by atoms with Crippen molar-refractivity contribution in [3.05, 3.63) is 53.6 Å². The summed E-state index contributed by atoms with van der Waals surface area (Å²) in [5, 5.41) is 39.0. The van der Waals surface area contributed by atoms with Gasteiger partial charge < -0.3 is 19.5 Å². The van der Waals surface area contributed by atoms with Crippen LogP contribution in [0.5, 0.6) is 5.75 Å². The molecule has 9 heteroatoms. The monoisotopic (exact) mass is 504 g/mol. The number of carbonyl (C=O) groups is 1. The molecule has 0 unspecified atom stereocenters. The number of H-pyrrole nitrogens is 1. The van der Waals surface area contributed by atoms with Crippen molar-refractivity contribution in [3.63, 3.8) is 0 Å². The number of carboxylic acids is 1. The Labute approximate surface area is 213 Å². The largest absolute Gasteiger partial charge is 0.494 e. The van der Waals surface area contributed by atoms with E-state index in [0.717, 1.165) is 33.1 Å². The number of rotatable bonds is 6. The van der Waals surface area contributed by atoms with Crippen molar-refractivity contribution in [2.75, 3.05) is 7.11 Å². The average Bonchev–Trinajstić information content (AvgIpc) is 3.45. The van der Waals surface area contributed by atoms with Crippen LogP contribution in [0.25, 0.3) is 27.5 Å². The van der Waals surface area contributed by atoms with Crippen LogP contribution in [0.4, 0.5) is 4.39 Å². The second-order valence-corrected chi connectivity index (χ2v) is 10.6. The lowest BCUT2D eigenvalue weighted by molar-refractivity contribution is -0.162. The smallest absolute Gasteiger partial charge is 0.335 e. The van der Waals surface area contributed by atoms with Crippen molar-refractivity contribution in [1.82, 2.24) is 14.8 Å². The molecule has 0 atom stereocenters. The van der Waals surface area contributed by atoms with E-state index >= 15 is 0 Å². The van der Waals surface area contributed by atoms with Gasteiger partial charge in [0.15, 0.2) is 17.2 Å². The second kappa shape index (κ2) is 8.89. The third-order valence-corrected chi connectivity index (χ3v) is 7.74. The Morgan fingerprint density at radius 1 is 1.32 bits per heavy atom. The number of halogens is 1. The van der Waals surface area contributed by atoms with Gasteiger partial charge in [0.25, 0.3) is 0 Å². The number of aliphatic carboxylic acids is 1. The van der Waals surface area contributed by atoms with Crippen LogP contribution < -0.4 is 4.74 Å². The summed E-state index contributed by atoms with van der Waals surface area (Å²) in [6.07, 6.45) is 3.20. The lowest BCUT2D eigenvalue weighted by atomic mass is 9.72. The topological polar surface area (TPSA) is 124 Å². The number of carboxylic acid groups (broad SMARTS) is 1. The lowest BCUT2D eigenvalue weighted by Gasteiger charge is -2.35. The summed E-state index contributed by atoms with van der Waals surface area (Å²) in [5.41, 5.74) is 2.00. The minimum absolute atomic E-state index is 0.0425. The number of aromatic amines is 1. The number of nitrogens with zero attached hydrogens (tertiary/aromatic N) is 3. The fourth-order valence-electron chi connectivity index (χ4n) is 5.76. The molecule has 1 saturated carbocycles. The molecule has 4 aromatic rings. The third kappa shape index (κ3) is 4.02. The molecule has 192 valence electrons. The van der Waals surface area contributed by atoms with Crippen LogP contribution in [0.1, 0.15) is 63.1 Å². The predicted molar refractivity (Wildman–Crippen MR) is 136 cm³/mol. The van der Waals surface area contributed by atoms with Crippen molar-refractivity contribution in [2.45, 2.75) is 62.9 Å². The van der Waals surface area contributed by atoms with E-state index in [1.54, 1.807) is 18.3 Å². The average molecular weight is 505 g/mol. The zero-order valence-electron chi connectivity index (χ0n) is 21.0. The summed E-state index contributed by atoms with van der Waals surface area (Å²) in [4.78, 5) is 11.7. The van der Waals surface area contributed by atoms with Crippen LogP contribution in [0.15, 0.2) is 36.5 Å². The van der Waals surface area contributed by atoms with Crippen molar-refractivity contribution in [1.29, 1.82) is 5.26 Å². The highest BCUT2D eigenvalue weighted by Gasteiger charge is 2.43. The van der Waals surface area contributed by atoms with Crippen molar-refractivity contribution in [2.24, 2.45) is 0 Å². The summed E-state index contributed by atoms with van der Waals surface area (Å²) in [6, 6.07) is 11.1. The van der Waals surface area contributed by atoms with Gasteiger partial charge in [-0.15, -0.1) is 0 Å². The van der Waals surface area contributed by atoms with Crippen molar-refractivity contribution in [3.8, 4) is 17.5 Å². The molecule has 5 rings (SSSR count). The van der Waals surface area contributed by atoms with Gasteiger partial charge in [0.2, 0.25) is 0 Å². The number of methoxy groups -OCH3 is 1. The third-order valence-electron chi connectivity index (χ3n) is 7.74. The van der Waals surface area contributed by atoms with Gasteiger partial charge in [0, 0.05) is 40.1 Å². The molecule has 3 N–H and O–H groups in total. The lowest BCUT2D eigenvalue weighted by Crippen LogP contribution is -2.41. The number of ether oxygens (including phenoxy) is 1. The molecule has 0 bridgehead atoms. The Morgan fingerprint density at radius 2 is 2.05 bits per heavy atom. The van der Waals surface area contributed by atoms with Crippen molar-refractivity contribution >= 4 is 27.8 Å². The van der Waals surface area contributed by atoms with Gasteiger partial charge in [0.05, 0.1) is 30.4 Å². The van der Waals surface area contributed by atoms with E-state index in [-0.39, 0.29) is 30.9 Å². The van der Waals surface area contributed by atoms with E-state index in [2.05, 4.69) is 20.8 Å². The highest BCUT2D eigenvalue weighted by molar-refractivity contribution is 5.99. The highest BCUT2D eigenvalue weighted by atomic mass is 19.1. The normalized spacial score (nSPS) is 20.3. The number of nitriles is 1. The fraction of sp³-hybridized carbons (Fsp3) is 0.393. The maximum atomic E-state index is 14.4. The second-order valence-electron chi connectivity index (χ2n) is 10.6. The van der Waals surface area contributed by atoms with Gasteiger partial charge in [-0.25, -0.2) is 9.18 Å². The molecule has 37 heavy (non-hydrogen) atoms. The van der Waals surface area contributed by atoms with Crippen LogP contribution in [0.3, 0.4) is 0 Å². The Kier molecular flexibility index (Phi) is 5.95. The first-order valence-electron chi connectivity index (χ1n) is 12.3. The van der Waals surface area contributed by atoms with Crippen LogP contribution in [0.2, 0.25) is 0 Å². The van der Waals surface area contributed by atoms with Crippen LogP contribution >= 0.6 is 0 Å². The van der Waals surface area contributed by atoms with Crippen LogP contribution in [-0.2, 0) is 10.2 Å². The van der Waals surface area contributed by atoms with E-state index in [1.165, 1.54) is 13.2 Å². The summed E-state index contributed by atoms with van der Waals surface area (Å²) in [5.74, 6) is -1.60.